The molecule has 0 amide bonds. The van der Waals surface area contributed by atoms with E-state index in [4.69, 9.17) is 20.4 Å². The minimum absolute atomic E-state index is 0.374. The molecule has 0 aliphatic rings. The second kappa shape index (κ2) is 4.62. The van der Waals surface area contributed by atoms with Crippen molar-refractivity contribution in [3.05, 3.63) is 0 Å². The molecule has 4 N–H and O–H groups in total. The molecular formula is C6H14O4. The molecule has 0 unspecified atom stereocenters. The molecule has 0 bridgehead atoms. The van der Waals surface area contributed by atoms with Crippen molar-refractivity contribution in [1.82, 2.24) is 0 Å². The summed E-state index contributed by atoms with van der Waals surface area (Å²) in [5.74, 6) is 0. The maximum absolute atomic E-state index is 8.92. The molecule has 4 heteroatoms. The topological polar surface area (TPSA) is 80.9 Å². The molecule has 62 valence electrons. The van der Waals surface area contributed by atoms with Crippen molar-refractivity contribution in [2.75, 3.05) is 0 Å². The Hall–Kier alpha value is -0.160. The Morgan fingerprint density at radius 2 is 1.60 bits per heavy atom. The van der Waals surface area contributed by atoms with E-state index in [1.807, 2.05) is 6.92 Å². The van der Waals surface area contributed by atoms with Crippen LogP contribution in [0.4, 0.5) is 0 Å². The van der Waals surface area contributed by atoms with Crippen molar-refractivity contribution < 1.29 is 20.4 Å². The monoisotopic (exact) mass is 150 g/mol. The van der Waals surface area contributed by atoms with Crippen molar-refractivity contribution in [3.8, 4) is 0 Å². The van der Waals surface area contributed by atoms with E-state index in [1.54, 1.807) is 0 Å². The van der Waals surface area contributed by atoms with E-state index in [0.29, 0.717) is 12.8 Å². The fourth-order valence-corrected chi connectivity index (χ4v) is 0.665. The van der Waals surface area contributed by atoms with Crippen LogP contribution in [0.5, 0.6) is 0 Å². The summed E-state index contributed by atoms with van der Waals surface area (Å²) in [6, 6.07) is 0. The van der Waals surface area contributed by atoms with Gasteiger partial charge in [-0.15, -0.1) is 0 Å². The van der Waals surface area contributed by atoms with Gasteiger partial charge in [-0.05, 0) is 6.42 Å². The summed E-state index contributed by atoms with van der Waals surface area (Å²) in [5.41, 5.74) is 0. The van der Waals surface area contributed by atoms with Gasteiger partial charge in [0.25, 0.3) is 0 Å². The summed E-state index contributed by atoms with van der Waals surface area (Å²) in [7, 11) is 0. The molecule has 0 aromatic carbocycles. The molecule has 0 saturated carbocycles. The first-order valence-corrected chi connectivity index (χ1v) is 3.31. The van der Waals surface area contributed by atoms with Gasteiger partial charge in [0.2, 0.25) is 0 Å². The lowest BCUT2D eigenvalue weighted by Gasteiger charge is -2.17. The molecule has 0 spiro atoms. The van der Waals surface area contributed by atoms with Gasteiger partial charge < -0.3 is 20.4 Å². The molecule has 0 aliphatic heterocycles. The highest BCUT2D eigenvalue weighted by Gasteiger charge is 2.21. The molecule has 0 rings (SSSR count). The number of aliphatic hydroxyl groups excluding tert-OH is 3. The average molecular weight is 150 g/mol. The van der Waals surface area contributed by atoms with Crippen LogP contribution in [0.25, 0.3) is 0 Å². The molecule has 0 heterocycles. The normalized spacial score (nSPS) is 17.4. The maximum atomic E-state index is 8.92. The number of hydrogen-bond donors (Lipinski definition) is 4. The molecular weight excluding hydrogens is 136 g/mol. The Bertz CT molecular complexity index is 83.8. The van der Waals surface area contributed by atoms with Gasteiger partial charge in [0, 0.05) is 0 Å². The molecule has 0 fully saturated rings. The fraction of sp³-hybridized carbons (Fsp3) is 1.00. The van der Waals surface area contributed by atoms with Crippen LogP contribution in [0.2, 0.25) is 0 Å². The third kappa shape index (κ3) is 3.12. The van der Waals surface area contributed by atoms with E-state index in [0.717, 1.165) is 0 Å². The number of aliphatic hydroxyl groups is 4. The lowest BCUT2D eigenvalue weighted by Crippen LogP contribution is -2.36. The van der Waals surface area contributed by atoms with E-state index >= 15 is 0 Å². The number of rotatable bonds is 4. The smallest absolute Gasteiger partial charge is 0.180 e. The summed E-state index contributed by atoms with van der Waals surface area (Å²) in [6.07, 6.45) is -3.25. The first kappa shape index (κ1) is 9.84. The minimum Gasteiger partial charge on any atom is -0.390 e. The van der Waals surface area contributed by atoms with Crippen LogP contribution in [0, 0.1) is 0 Å². The molecule has 0 radical (unpaired) electrons. The van der Waals surface area contributed by atoms with Gasteiger partial charge in [-0.25, -0.2) is 0 Å². The highest BCUT2D eigenvalue weighted by Crippen LogP contribution is 2.03. The van der Waals surface area contributed by atoms with Crippen molar-refractivity contribution in [2.45, 2.75) is 38.3 Å². The molecule has 4 nitrogen and oxygen atoms in total. The first-order valence-electron chi connectivity index (χ1n) is 3.31. The highest BCUT2D eigenvalue weighted by molar-refractivity contribution is 4.67. The number of hydrogen-bond acceptors (Lipinski definition) is 4. The lowest BCUT2D eigenvalue weighted by atomic mass is 10.1. The quantitative estimate of drug-likeness (QED) is 0.380. The highest BCUT2D eigenvalue weighted by atomic mass is 16.5. The molecule has 2 atom stereocenters. The summed E-state index contributed by atoms with van der Waals surface area (Å²) in [6.45, 7) is 1.83. The van der Waals surface area contributed by atoms with Crippen molar-refractivity contribution in [3.63, 3.8) is 0 Å². The summed E-state index contributed by atoms with van der Waals surface area (Å²) in [5, 5.41) is 34.4. The second-order valence-electron chi connectivity index (χ2n) is 2.26. The van der Waals surface area contributed by atoms with E-state index < -0.39 is 18.5 Å². The van der Waals surface area contributed by atoms with Gasteiger partial charge in [0.15, 0.2) is 6.29 Å². The van der Waals surface area contributed by atoms with E-state index in [9.17, 15) is 0 Å². The molecule has 10 heavy (non-hydrogen) atoms. The van der Waals surface area contributed by atoms with Crippen LogP contribution in [-0.4, -0.2) is 38.9 Å². The summed E-state index contributed by atoms with van der Waals surface area (Å²) < 4.78 is 0. The van der Waals surface area contributed by atoms with Crippen LogP contribution in [0.15, 0.2) is 0 Å². The van der Waals surface area contributed by atoms with Crippen LogP contribution in [-0.2, 0) is 0 Å². The lowest BCUT2D eigenvalue weighted by molar-refractivity contribution is -0.158. The van der Waals surface area contributed by atoms with Crippen LogP contribution in [0.1, 0.15) is 19.8 Å². The maximum Gasteiger partial charge on any atom is 0.180 e. The third-order valence-corrected chi connectivity index (χ3v) is 1.28. The van der Waals surface area contributed by atoms with Crippen LogP contribution in [0.3, 0.4) is 0 Å². The molecule has 0 aliphatic carbocycles. The third-order valence-electron chi connectivity index (χ3n) is 1.28. The van der Waals surface area contributed by atoms with Crippen LogP contribution < -0.4 is 0 Å². The molecule has 0 aromatic heterocycles. The predicted octanol–water partition coefficient (Wildman–Crippen LogP) is -1.18. The molecule has 0 saturated heterocycles. The first-order chi connectivity index (χ1) is 4.59. The Morgan fingerprint density at radius 3 is 1.90 bits per heavy atom. The van der Waals surface area contributed by atoms with Crippen molar-refractivity contribution in [1.29, 1.82) is 0 Å². The van der Waals surface area contributed by atoms with E-state index in [2.05, 4.69) is 0 Å². The summed E-state index contributed by atoms with van der Waals surface area (Å²) >= 11 is 0. The van der Waals surface area contributed by atoms with Gasteiger partial charge in [-0.1, -0.05) is 13.3 Å². The van der Waals surface area contributed by atoms with Gasteiger partial charge in [-0.2, -0.15) is 0 Å². The average Bonchev–Trinajstić information content (AvgIpc) is 1.87. The van der Waals surface area contributed by atoms with Crippen molar-refractivity contribution >= 4 is 0 Å². The van der Waals surface area contributed by atoms with Gasteiger partial charge >= 0.3 is 0 Å². The molecule has 0 aromatic rings. The van der Waals surface area contributed by atoms with Gasteiger partial charge in [0.05, 0.1) is 6.10 Å². The van der Waals surface area contributed by atoms with Gasteiger partial charge in [0.1, 0.15) is 6.10 Å². The van der Waals surface area contributed by atoms with E-state index in [1.165, 1.54) is 0 Å². The standard InChI is InChI=1S/C6H14O4/c1-2-3-4(7)5(8)6(9)10/h4-10H,2-3H2,1H3/t4-,5+/m1/s1. The zero-order valence-corrected chi connectivity index (χ0v) is 5.94. The Balaban J connectivity index is 3.58. The fourth-order valence-electron chi connectivity index (χ4n) is 0.665. The summed E-state index contributed by atoms with van der Waals surface area (Å²) in [4.78, 5) is 0. The minimum atomic E-state index is -1.85. The van der Waals surface area contributed by atoms with E-state index in [-0.39, 0.29) is 0 Å². The Labute approximate surface area is 59.7 Å². The Morgan fingerprint density at radius 1 is 1.10 bits per heavy atom. The Kier molecular flexibility index (Phi) is 4.55. The predicted molar refractivity (Wildman–Crippen MR) is 35.1 cm³/mol. The van der Waals surface area contributed by atoms with Gasteiger partial charge in [-0.3, -0.25) is 0 Å². The zero-order valence-electron chi connectivity index (χ0n) is 5.94. The zero-order chi connectivity index (χ0) is 8.15. The van der Waals surface area contributed by atoms with Crippen LogP contribution >= 0.6 is 0 Å². The second-order valence-corrected chi connectivity index (χ2v) is 2.26. The van der Waals surface area contributed by atoms with Crippen molar-refractivity contribution in [2.24, 2.45) is 0 Å². The largest absolute Gasteiger partial charge is 0.390 e. The SMILES string of the molecule is CCC[C@@H](O)[C@H](O)C(O)O.